The van der Waals surface area contributed by atoms with Crippen LogP contribution < -0.4 is 5.73 Å². The molecule has 1 amide bonds. The van der Waals surface area contributed by atoms with E-state index in [0.717, 1.165) is 65.1 Å². The Balaban J connectivity index is 1.14. The second-order valence-electron chi connectivity index (χ2n) is 9.94. The van der Waals surface area contributed by atoms with Crippen molar-refractivity contribution in [1.29, 1.82) is 0 Å². The van der Waals surface area contributed by atoms with Crippen LogP contribution in [-0.2, 0) is 11.2 Å². The van der Waals surface area contributed by atoms with E-state index < -0.39 is 0 Å². The maximum Gasteiger partial charge on any atom is 0.226 e. The number of benzene rings is 2. The maximum atomic E-state index is 12.8. The topological polar surface area (TPSA) is 92.8 Å². The number of pyridine rings is 1. The average molecular weight is 537 g/mol. The summed E-state index contributed by atoms with van der Waals surface area (Å²) >= 11 is 6.17. The number of piperidine rings is 1. The third kappa shape index (κ3) is 5.45. The third-order valence-corrected chi connectivity index (χ3v) is 7.59. The van der Waals surface area contributed by atoms with E-state index in [1.54, 1.807) is 6.20 Å². The lowest BCUT2D eigenvalue weighted by Crippen LogP contribution is -2.39. The summed E-state index contributed by atoms with van der Waals surface area (Å²) in [7, 11) is 0. The number of aromatic nitrogens is 4. The summed E-state index contributed by atoms with van der Waals surface area (Å²) in [4.78, 5) is 22.6. The summed E-state index contributed by atoms with van der Waals surface area (Å²) < 4.78 is 2.02. The van der Waals surface area contributed by atoms with Gasteiger partial charge in [-0.25, -0.2) is 4.98 Å². The first-order valence-electron chi connectivity index (χ1n) is 13.1. The fourth-order valence-corrected chi connectivity index (χ4v) is 5.36. The molecule has 0 aliphatic carbocycles. The minimum atomic E-state index is 0.184. The van der Waals surface area contributed by atoms with E-state index >= 15 is 0 Å². The largest absolute Gasteiger partial charge is 0.383 e. The van der Waals surface area contributed by atoms with Crippen LogP contribution in [0.15, 0.2) is 91.4 Å². The van der Waals surface area contributed by atoms with Crippen LogP contribution in [0.25, 0.3) is 33.6 Å². The highest BCUT2D eigenvalue weighted by Crippen LogP contribution is 2.32. The summed E-state index contributed by atoms with van der Waals surface area (Å²) in [5.74, 6) is 0.641. The van der Waals surface area contributed by atoms with E-state index in [2.05, 4.69) is 21.3 Å². The Labute approximate surface area is 232 Å². The number of hydrogen-bond acceptors (Lipinski definition) is 4. The van der Waals surface area contributed by atoms with Gasteiger partial charge < -0.3 is 15.6 Å². The van der Waals surface area contributed by atoms with Gasteiger partial charge >= 0.3 is 0 Å². The molecule has 39 heavy (non-hydrogen) atoms. The van der Waals surface area contributed by atoms with Crippen LogP contribution in [0.4, 0.5) is 5.82 Å². The van der Waals surface area contributed by atoms with Crippen LogP contribution in [0.1, 0.15) is 24.4 Å². The second kappa shape index (κ2) is 10.8. The molecule has 7 nitrogen and oxygen atoms in total. The van der Waals surface area contributed by atoms with Crippen molar-refractivity contribution in [3.8, 4) is 33.6 Å². The molecule has 5 aromatic rings. The lowest BCUT2D eigenvalue weighted by molar-refractivity contribution is -0.131. The Kier molecular flexibility index (Phi) is 6.90. The van der Waals surface area contributed by atoms with Crippen molar-refractivity contribution in [3.63, 3.8) is 0 Å². The molecule has 0 spiro atoms. The quantitative estimate of drug-likeness (QED) is 0.268. The smallest absolute Gasteiger partial charge is 0.226 e. The Morgan fingerprint density at radius 1 is 0.923 bits per heavy atom. The fourth-order valence-electron chi connectivity index (χ4n) is 5.17. The van der Waals surface area contributed by atoms with Gasteiger partial charge in [0, 0.05) is 58.6 Å². The molecule has 3 N–H and O–H groups in total. The number of hydrogen-bond donors (Lipinski definition) is 2. The van der Waals surface area contributed by atoms with Crippen molar-refractivity contribution in [2.24, 2.45) is 0 Å². The highest BCUT2D eigenvalue weighted by atomic mass is 35.5. The lowest BCUT2D eigenvalue weighted by atomic mass is 10.0. The normalized spacial score (nSPS) is 14.0. The molecule has 1 aliphatic rings. The van der Waals surface area contributed by atoms with Crippen LogP contribution >= 0.6 is 11.6 Å². The van der Waals surface area contributed by atoms with E-state index in [-0.39, 0.29) is 11.9 Å². The predicted molar refractivity (Wildman–Crippen MR) is 155 cm³/mol. The average Bonchev–Trinajstić information content (AvgIpc) is 3.65. The first-order chi connectivity index (χ1) is 19.0. The van der Waals surface area contributed by atoms with Crippen molar-refractivity contribution < 1.29 is 4.79 Å². The van der Waals surface area contributed by atoms with Gasteiger partial charge in [0.1, 0.15) is 5.82 Å². The predicted octanol–water partition coefficient (Wildman–Crippen LogP) is 6.25. The molecular formula is C31H29ClN6O. The summed E-state index contributed by atoms with van der Waals surface area (Å²) in [6, 6.07) is 24.0. The van der Waals surface area contributed by atoms with Crippen molar-refractivity contribution in [1.82, 2.24) is 24.6 Å². The summed E-state index contributed by atoms with van der Waals surface area (Å²) in [5.41, 5.74) is 12.9. The van der Waals surface area contributed by atoms with Gasteiger partial charge in [0.15, 0.2) is 0 Å². The number of aromatic amines is 1. The molecule has 196 valence electrons. The van der Waals surface area contributed by atoms with E-state index in [1.807, 2.05) is 88.6 Å². The van der Waals surface area contributed by atoms with Gasteiger partial charge in [0.25, 0.3) is 0 Å². The van der Waals surface area contributed by atoms with Gasteiger partial charge in [0.05, 0.1) is 18.7 Å². The summed E-state index contributed by atoms with van der Waals surface area (Å²) in [6.07, 6.45) is 7.92. The van der Waals surface area contributed by atoms with E-state index in [4.69, 9.17) is 17.3 Å². The molecule has 1 aliphatic heterocycles. The first kappa shape index (κ1) is 24.9. The maximum absolute atomic E-state index is 12.8. The van der Waals surface area contributed by atoms with Gasteiger partial charge in [-0.15, -0.1) is 0 Å². The molecule has 3 aromatic heterocycles. The molecule has 4 heterocycles. The fraction of sp³-hybridized carbons (Fsp3) is 0.194. The first-order valence-corrected chi connectivity index (χ1v) is 13.5. The van der Waals surface area contributed by atoms with Crippen LogP contribution in [0, 0.1) is 0 Å². The minimum absolute atomic E-state index is 0.184. The van der Waals surface area contributed by atoms with E-state index in [9.17, 15) is 4.79 Å². The Bertz CT molecular complexity index is 1600. The number of nitrogens with two attached hydrogens (primary N) is 1. The number of nitrogens with zero attached hydrogens (tertiary/aromatic N) is 4. The zero-order valence-corrected chi connectivity index (χ0v) is 22.2. The van der Waals surface area contributed by atoms with E-state index in [1.165, 1.54) is 0 Å². The molecule has 1 fully saturated rings. The number of rotatable bonds is 6. The van der Waals surface area contributed by atoms with Crippen molar-refractivity contribution in [2.45, 2.75) is 25.3 Å². The number of likely N-dealkylation sites (tertiary alicyclic amines) is 1. The Morgan fingerprint density at radius 2 is 1.72 bits per heavy atom. The van der Waals surface area contributed by atoms with Gasteiger partial charge in [-0.2, -0.15) is 5.10 Å². The molecule has 0 radical (unpaired) electrons. The van der Waals surface area contributed by atoms with E-state index in [0.29, 0.717) is 17.3 Å². The molecule has 8 heteroatoms. The van der Waals surface area contributed by atoms with Crippen LogP contribution in [0.3, 0.4) is 0 Å². The van der Waals surface area contributed by atoms with Gasteiger partial charge in [0.2, 0.25) is 5.91 Å². The van der Waals surface area contributed by atoms with Crippen molar-refractivity contribution in [3.05, 3.63) is 102 Å². The number of carbonyl (C=O) groups is 1. The van der Waals surface area contributed by atoms with Crippen molar-refractivity contribution >= 4 is 23.3 Å². The minimum Gasteiger partial charge on any atom is -0.383 e. The highest BCUT2D eigenvalue weighted by Gasteiger charge is 2.24. The van der Waals surface area contributed by atoms with Crippen LogP contribution in [0.5, 0.6) is 0 Å². The number of anilines is 1. The number of amides is 1. The Hall–Kier alpha value is -4.36. The highest BCUT2D eigenvalue weighted by molar-refractivity contribution is 6.30. The molecule has 6 rings (SSSR count). The number of nitrogen functional groups attached to an aromatic ring is 1. The third-order valence-electron chi connectivity index (χ3n) is 7.35. The molecule has 0 saturated carbocycles. The molecule has 0 atom stereocenters. The van der Waals surface area contributed by atoms with Gasteiger partial charge in [-0.3, -0.25) is 9.48 Å². The number of carbonyl (C=O) groups excluding carboxylic acids is 1. The SMILES string of the molecule is Nc1ncc(-c2cnn(C3CCN(C(=O)Cc4ccccc4)CC3)c2)cc1-c1ccc(-c2cccc(Cl)c2)[nH]1. The summed E-state index contributed by atoms with van der Waals surface area (Å²) in [5, 5.41) is 5.35. The molecule has 1 saturated heterocycles. The van der Waals surface area contributed by atoms with Gasteiger partial charge in [-0.1, -0.05) is 54.1 Å². The molecule has 0 bridgehead atoms. The number of nitrogens with one attached hydrogen (secondary N) is 1. The van der Waals surface area contributed by atoms with Crippen LogP contribution in [0.2, 0.25) is 5.02 Å². The molecular weight excluding hydrogens is 508 g/mol. The monoisotopic (exact) mass is 536 g/mol. The Morgan fingerprint density at radius 3 is 2.51 bits per heavy atom. The number of H-pyrrole nitrogens is 1. The lowest BCUT2D eigenvalue weighted by Gasteiger charge is -2.32. The zero-order valence-electron chi connectivity index (χ0n) is 21.4. The number of halogens is 1. The van der Waals surface area contributed by atoms with Crippen LogP contribution in [-0.4, -0.2) is 43.6 Å². The molecule has 2 aromatic carbocycles. The van der Waals surface area contributed by atoms with Crippen molar-refractivity contribution in [2.75, 3.05) is 18.8 Å². The second-order valence-corrected chi connectivity index (χ2v) is 10.4. The van der Waals surface area contributed by atoms with Gasteiger partial charge in [-0.05, 0) is 54.3 Å². The molecule has 0 unspecified atom stereocenters. The summed E-state index contributed by atoms with van der Waals surface area (Å²) in [6.45, 7) is 1.47. The standard InChI is InChI=1S/C31H29ClN6O/c32-25-8-4-7-22(16-25)28-9-10-29(36-28)27-17-23(18-34-31(27)33)24-19-35-38(20-24)26-11-13-37(14-12-26)30(39)15-21-5-2-1-3-6-21/h1-10,16-20,26,36H,11-15H2,(H2,33,34). The zero-order chi connectivity index (χ0) is 26.8.